The first-order chi connectivity index (χ1) is 32.7. The number of allylic oxidation sites excluding steroid dienone is 4. The molecule has 0 heterocycles. The number of benzene rings is 9. The Bertz CT molecular complexity index is 2970. The van der Waals surface area contributed by atoms with Crippen molar-refractivity contribution in [2.75, 3.05) is 0 Å². The molecule has 9 aromatic rings. The predicted molar refractivity (Wildman–Crippen MR) is 291 cm³/mol. The van der Waals surface area contributed by atoms with Crippen LogP contribution in [0, 0.1) is 20.8 Å². The summed E-state index contributed by atoms with van der Waals surface area (Å²) in [6.45, 7) is 16.7. The number of aryl methyl sites for hydroxylation is 3. The molecule has 10 rings (SSSR count). The monoisotopic (exact) mass is 878 g/mol. The van der Waals surface area contributed by atoms with E-state index < -0.39 is 8.07 Å². The molecule has 0 saturated carbocycles. The van der Waals surface area contributed by atoms with Gasteiger partial charge < -0.3 is 0 Å². The highest BCUT2D eigenvalue weighted by molar-refractivity contribution is 7.15. The standard InChI is InChI=1S/C66H58Si/c1-44-38-63(60(54-32-20-11-21-33-54)41-57(44)51-26-14-8-15-27-51)67(66-49(6)47(4)48(5)50(66)7,64-39-45(2)58(52-28-16-9-17-29-52)42-61(64)55-34-22-12-23-35-55)65-40-46(3)59(53-30-18-10-19-31-53)43-62(65)56-36-24-13-25-37-56/h8-43,66H,1-7H3. The van der Waals surface area contributed by atoms with E-state index in [1.54, 1.807) is 0 Å². The normalized spacial score (nSPS) is 13.1. The fraction of sp³-hybridized carbons (Fsp3) is 0.121. The molecule has 0 bridgehead atoms. The molecule has 0 amide bonds. The highest BCUT2D eigenvalue weighted by Crippen LogP contribution is 2.50. The topological polar surface area (TPSA) is 0 Å². The molecule has 0 N–H and O–H groups in total. The van der Waals surface area contributed by atoms with Crippen molar-refractivity contribution in [1.82, 2.24) is 0 Å². The van der Waals surface area contributed by atoms with Gasteiger partial charge in [-0.15, -0.1) is 0 Å². The highest BCUT2D eigenvalue weighted by atomic mass is 28.3. The molecule has 1 aliphatic rings. The summed E-state index contributed by atoms with van der Waals surface area (Å²) in [4.78, 5) is 0. The first-order valence-corrected chi connectivity index (χ1v) is 25.9. The van der Waals surface area contributed by atoms with Crippen molar-refractivity contribution in [2.45, 2.75) is 54.0 Å². The maximum absolute atomic E-state index is 3.46. The molecule has 1 heteroatoms. The maximum Gasteiger partial charge on any atom is 0.161 e. The van der Waals surface area contributed by atoms with Crippen LogP contribution in [0.4, 0.5) is 0 Å². The first kappa shape index (κ1) is 43.6. The summed E-state index contributed by atoms with van der Waals surface area (Å²) >= 11 is 0. The second kappa shape index (κ2) is 18.2. The minimum atomic E-state index is -3.46. The smallest absolute Gasteiger partial charge is 0.0647 e. The van der Waals surface area contributed by atoms with E-state index in [4.69, 9.17) is 0 Å². The quantitative estimate of drug-likeness (QED) is 0.0948. The molecule has 0 atom stereocenters. The average Bonchev–Trinajstić information content (AvgIpc) is 3.57. The average molecular weight is 879 g/mol. The van der Waals surface area contributed by atoms with E-state index in [0.29, 0.717) is 0 Å². The van der Waals surface area contributed by atoms with Gasteiger partial charge in [-0.3, -0.25) is 0 Å². The third-order valence-electron chi connectivity index (χ3n) is 14.9. The van der Waals surface area contributed by atoms with Crippen LogP contribution in [0.1, 0.15) is 44.4 Å². The number of hydrogen-bond donors (Lipinski definition) is 0. The maximum atomic E-state index is 2.64. The van der Waals surface area contributed by atoms with E-state index in [0.717, 1.165) is 0 Å². The van der Waals surface area contributed by atoms with Crippen molar-refractivity contribution in [1.29, 1.82) is 0 Å². The summed E-state index contributed by atoms with van der Waals surface area (Å²) in [5.41, 5.74) is 24.8. The Hall–Kier alpha value is -7.32. The molecule has 0 aliphatic heterocycles. The van der Waals surface area contributed by atoms with Gasteiger partial charge in [0, 0.05) is 5.54 Å². The number of hydrogen-bond acceptors (Lipinski definition) is 0. The van der Waals surface area contributed by atoms with E-state index in [9.17, 15) is 0 Å². The van der Waals surface area contributed by atoms with Crippen LogP contribution in [0.3, 0.4) is 0 Å². The molecule has 9 aromatic carbocycles. The van der Waals surface area contributed by atoms with Crippen LogP contribution in [-0.2, 0) is 0 Å². The molecule has 0 unspecified atom stereocenters. The lowest BCUT2D eigenvalue weighted by Gasteiger charge is -2.45. The van der Waals surface area contributed by atoms with Gasteiger partial charge in [0.25, 0.3) is 0 Å². The van der Waals surface area contributed by atoms with Crippen molar-refractivity contribution < 1.29 is 0 Å². The summed E-state index contributed by atoms with van der Waals surface area (Å²) < 4.78 is 0. The molecule has 67 heavy (non-hydrogen) atoms. The van der Waals surface area contributed by atoms with E-state index in [-0.39, 0.29) is 5.54 Å². The van der Waals surface area contributed by atoms with E-state index in [1.165, 1.54) is 121 Å². The van der Waals surface area contributed by atoms with E-state index in [1.807, 2.05) is 0 Å². The summed E-state index contributed by atoms with van der Waals surface area (Å²) in [5.74, 6) is 0. The highest BCUT2D eigenvalue weighted by Gasteiger charge is 2.54. The minimum absolute atomic E-state index is 0.103. The minimum Gasteiger partial charge on any atom is -0.0647 e. The lowest BCUT2D eigenvalue weighted by molar-refractivity contribution is 1.09. The summed E-state index contributed by atoms with van der Waals surface area (Å²) in [6, 6.07) is 82.3. The Labute approximate surface area is 399 Å². The second-order valence-electron chi connectivity index (χ2n) is 18.7. The lowest BCUT2D eigenvalue weighted by atomic mass is 9.94. The van der Waals surface area contributed by atoms with Crippen LogP contribution in [0.5, 0.6) is 0 Å². The Morgan fingerprint density at radius 3 is 0.687 bits per heavy atom. The van der Waals surface area contributed by atoms with Crippen molar-refractivity contribution in [3.05, 3.63) is 257 Å². The van der Waals surface area contributed by atoms with Gasteiger partial charge in [0.05, 0.1) is 0 Å². The SMILES string of the molecule is CC1=C(C)C([Si](c2cc(C)c(-c3ccccc3)cc2-c2ccccc2)(c2cc(C)c(-c3ccccc3)cc2-c2ccccc2)c2cc(C)c(-c3ccccc3)cc2-c2ccccc2)C(C)=C1C. The fourth-order valence-corrected chi connectivity index (χ4v) is 18.2. The molecule has 0 spiro atoms. The zero-order valence-electron chi connectivity index (χ0n) is 39.9. The summed E-state index contributed by atoms with van der Waals surface area (Å²) in [5, 5.41) is 4.32. The zero-order valence-corrected chi connectivity index (χ0v) is 40.9. The number of rotatable bonds is 10. The molecular formula is C66H58Si. The van der Waals surface area contributed by atoms with Gasteiger partial charge in [0.1, 0.15) is 0 Å². The Morgan fingerprint density at radius 2 is 0.463 bits per heavy atom. The van der Waals surface area contributed by atoms with Crippen molar-refractivity contribution in [3.8, 4) is 66.8 Å². The largest absolute Gasteiger partial charge is 0.161 e. The zero-order chi connectivity index (χ0) is 46.2. The molecule has 1 aliphatic carbocycles. The van der Waals surface area contributed by atoms with Gasteiger partial charge in [-0.2, -0.15) is 0 Å². The molecule has 326 valence electrons. The van der Waals surface area contributed by atoms with E-state index in [2.05, 4.69) is 267 Å². The van der Waals surface area contributed by atoms with Crippen LogP contribution < -0.4 is 15.6 Å². The molecule has 0 saturated heterocycles. The second-order valence-corrected chi connectivity index (χ2v) is 22.5. The van der Waals surface area contributed by atoms with Gasteiger partial charge in [0.15, 0.2) is 8.07 Å². The van der Waals surface area contributed by atoms with Crippen LogP contribution in [0.15, 0.2) is 241 Å². The Kier molecular flexibility index (Phi) is 11.8. The van der Waals surface area contributed by atoms with Crippen LogP contribution in [0.25, 0.3) is 66.8 Å². The van der Waals surface area contributed by atoms with Crippen LogP contribution in [-0.4, -0.2) is 8.07 Å². The summed E-state index contributed by atoms with van der Waals surface area (Å²) in [6.07, 6.45) is 0. The van der Waals surface area contributed by atoms with Crippen molar-refractivity contribution in [3.63, 3.8) is 0 Å². The van der Waals surface area contributed by atoms with Gasteiger partial charge in [-0.1, -0.05) is 211 Å². The Morgan fingerprint density at radius 1 is 0.254 bits per heavy atom. The Balaban J connectivity index is 1.49. The molecular weight excluding hydrogens is 821 g/mol. The fourth-order valence-electron chi connectivity index (χ4n) is 11.4. The first-order valence-electron chi connectivity index (χ1n) is 23.8. The molecule has 0 aromatic heterocycles. The lowest BCUT2D eigenvalue weighted by Crippen LogP contribution is -2.71. The van der Waals surface area contributed by atoms with Crippen molar-refractivity contribution >= 4 is 23.6 Å². The molecule has 0 fully saturated rings. The van der Waals surface area contributed by atoms with Gasteiger partial charge in [-0.05, 0) is 177 Å². The van der Waals surface area contributed by atoms with Gasteiger partial charge >= 0.3 is 0 Å². The molecule has 0 nitrogen and oxygen atoms in total. The summed E-state index contributed by atoms with van der Waals surface area (Å²) in [7, 11) is -3.46. The third-order valence-corrected chi connectivity index (χ3v) is 20.4. The third kappa shape index (κ3) is 7.68. The van der Waals surface area contributed by atoms with Crippen LogP contribution in [0.2, 0.25) is 5.54 Å². The van der Waals surface area contributed by atoms with E-state index >= 15 is 0 Å². The van der Waals surface area contributed by atoms with Gasteiger partial charge in [0.2, 0.25) is 0 Å². The predicted octanol–water partition coefficient (Wildman–Crippen LogP) is 16.1. The molecule has 0 radical (unpaired) electrons. The van der Waals surface area contributed by atoms with Gasteiger partial charge in [-0.25, -0.2) is 0 Å². The van der Waals surface area contributed by atoms with Crippen molar-refractivity contribution in [2.24, 2.45) is 0 Å². The van der Waals surface area contributed by atoms with Crippen LogP contribution >= 0.6 is 0 Å².